The van der Waals surface area contributed by atoms with Crippen molar-refractivity contribution >= 4 is 21.1 Å². The smallest absolute Gasteiger partial charge is 0.240 e. The molecule has 7 heteroatoms. The van der Waals surface area contributed by atoms with Crippen LogP contribution in [0.5, 0.6) is 0 Å². The summed E-state index contributed by atoms with van der Waals surface area (Å²) in [5, 5.41) is 0.0101. The molecule has 1 fully saturated rings. The van der Waals surface area contributed by atoms with Gasteiger partial charge in [-0.2, -0.15) is 0 Å². The largest absolute Gasteiger partial charge is 0.280 e. The highest BCUT2D eigenvalue weighted by Crippen LogP contribution is 2.29. The van der Waals surface area contributed by atoms with Gasteiger partial charge in [0.15, 0.2) is 11.1 Å². The Balaban J connectivity index is 1.79. The lowest BCUT2D eigenvalue weighted by Gasteiger charge is -2.28. The van der Waals surface area contributed by atoms with Crippen molar-refractivity contribution in [3.63, 3.8) is 0 Å². The summed E-state index contributed by atoms with van der Waals surface area (Å²) in [5.74, 6) is 0. The molecule has 1 aliphatic carbocycles. The van der Waals surface area contributed by atoms with E-state index in [1.165, 1.54) is 6.42 Å². The van der Waals surface area contributed by atoms with Crippen LogP contribution in [0.15, 0.2) is 59.5 Å². The first kappa shape index (κ1) is 22.2. The lowest BCUT2D eigenvalue weighted by Crippen LogP contribution is -2.39. The molecule has 2 aromatic carbocycles. The summed E-state index contributed by atoms with van der Waals surface area (Å²) < 4.78 is 47.2. The fourth-order valence-electron chi connectivity index (χ4n) is 3.60. The first-order valence-corrected chi connectivity index (χ1v) is 12.7. The van der Waals surface area contributed by atoms with Gasteiger partial charge < -0.3 is 0 Å². The van der Waals surface area contributed by atoms with Gasteiger partial charge in [-0.15, -0.1) is 0 Å². The molecule has 1 aliphatic rings. The molecule has 2 aromatic rings. The predicted molar refractivity (Wildman–Crippen MR) is 116 cm³/mol. The standard InChI is InChI=1S/C22H29NO4S2/c1-17-13-15-21(16-14-17)29(25,26)23-18(2)22(19-9-5-3-6-10-19)27-28(24)20-11-7-4-8-12-20/h3,5-6,9-10,13-16,18,20,22-23H,4,7-8,11-12H2,1-2H3/t18-,22-,28?/m1/s1. The third kappa shape index (κ3) is 5.98. The third-order valence-corrected chi connectivity index (χ3v) is 8.27. The number of sulfonamides is 1. The molecule has 0 aliphatic heterocycles. The van der Waals surface area contributed by atoms with Crippen LogP contribution in [-0.2, 0) is 25.3 Å². The molecule has 0 saturated heterocycles. The molecule has 1 saturated carbocycles. The highest BCUT2D eigenvalue weighted by molar-refractivity contribution is 7.89. The van der Waals surface area contributed by atoms with Gasteiger partial charge in [-0.05, 0) is 44.4 Å². The van der Waals surface area contributed by atoms with Crippen LogP contribution in [0.25, 0.3) is 0 Å². The number of rotatable bonds is 8. The second-order valence-electron chi connectivity index (χ2n) is 7.67. The minimum absolute atomic E-state index is 0.0101. The van der Waals surface area contributed by atoms with Gasteiger partial charge in [-0.1, -0.05) is 67.3 Å². The molecule has 158 valence electrons. The molecule has 0 amide bonds. The summed E-state index contributed by atoms with van der Waals surface area (Å²) in [6.07, 6.45) is 4.42. The van der Waals surface area contributed by atoms with Crippen LogP contribution < -0.4 is 4.72 Å². The number of hydrogen-bond acceptors (Lipinski definition) is 4. The fraction of sp³-hybridized carbons (Fsp3) is 0.455. The average molecular weight is 436 g/mol. The Bertz CT molecular complexity index is 908. The predicted octanol–water partition coefficient (Wildman–Crippen LogP) is 4.42. The molecule has 0 radical (unpaired) electrons. The van der Waals surface area contributed by atoms with Crippen molar-refractivity contribution in [1.82, 2.24) is 4.72 Å². The summed E-state index contributed by atoms with van der Waals surface area (Å²) in [6, 6.07) is 15.5. The van der Waals surface area contributed by atoms with Crippen LogP contribution in [0, 0.1) is 6.92 Å². The van der Waals surface area contributed by atoms with Crippen molar-refractivity contribution in [3.05, 3.63) is 65.7 Å². The molecule has 0 heterocycles. The highest BCUT2D eigenvalue weighted by atomic mass is 32.2. The van der Waals surface area contributed by atoms with Crippen molar-refractivity contribution in [3.8, 4) is 0 Å². The Morgan fingerprint density at radius 1 is 1.00 bits per heavy atom. The zero-order valence-corrected chi connectivity index (χ0v) is 18.5. The van der Waals surface area contributed by atoms with E-state index in [0.29, 0.717) is 0 Å². The molecule has 0 aromatic heterocycles. The van der Waals surface area contributed by atoms with Crippen LogP contribution in [0.1, 0.15) is 56.3 Å². The first-order valence-electron chi connectivity index (χ1n) is 10.1. The topological polar surface area (TPSA) is 72.5 Å². The quantitative estimate of drug-likeness (QED) is 0.666. The van der Waals surface area contributed by atoms with Gasteiger partial charge in [-0.25, -0.2) is 17.3 Å². The van der Waals surface area contributed by atoms with Gasteiger partial charge in [-0.3, -0.25) is 4.18 Å². The minimum Gasteiger partial charge on any atom is -0.280 e. The maximum Gasteiger partial charge on any atom is 0.240 e. The average Bonchev–Trinajstić information content (AvgIpc) is 2.73. The van der Waals surface area contributed by atoms with Gasteiger partial charge in [0.25, 0.3) is 0 Å². The van der Waals surface area contributed by atoms with E-state index >= 15 is 0 Å². The van der Waals surface area contributed by atoms with E-state index in [1.807, 2.05) is 37.3 Å². The van der Waals surface area contributed by atoms with E-state index in [-0.39, 0.29) is 10.1 Å². The van der Waals surface area contributed by atoms with Crippen molar-refractivity contribution in [2.75, 3.05) is 0 Å². The number of hydrogen-bond donors (Lipinski definition) is 1. The normalized spacial score (nSPS) is 18.8. The molecule has 29 heavy (non-hydrogen) atoms. The molecule has 3 rings (SSSR count). The number of aryl methyl sites for hydroxylation is 1. The van der Waals surface area contributed by atoms with Gasteiger partial charge in [0, 0.05) is 0 Å². The molecule has 1 N–H and O–H groups in total. The molecule has 3 atom stereocenters. The summed E-state index contributed by atoms with van der Waals surface area (Å²) in [6.45, 7) is 3.66. The van der Waals surface area contributed by atoms with Crippen molar-refractivity contribution in [2.45, 2.75) is 68.2 Å². The highest BCUT2D eigenvalue weighted by Gasteiger charge is 2.30. The molecular formula is C22H29NO4S2. The lowest BCUT2D eigenvalue weighted by molar-refractivity contribution is 0.190. The van der Waals surface area contributed by atoms with Crippen molar-refractivity contribution < 1.29 is 16.8 Å². The molecule has 0 bridgehead atoms. The Kier molecular flexibility index (Phi) is 7.62. The summed E-state index contributed by atoms with van der Waals surface area (Å²) in [4.78, 5) is 0.204. The molecule has 0 spiro atoms. The van der Waals surface area contributed by atoms with E-state index in [9.17, 15) is 12.6 Å². The summed E-state index contributed by atoms with van der Waals surface area (Å²) in [5.41, 5.74) is 1.79. The molecule has 5 nitrogen and oxygen atoms in total. The van der Waals surface area contributed by atoms with Gasteiger partial charge in [0.05, 0.1) is 16.2 Å². The zero-order valence-electron chi connectivity index (χ0n) is 16.9. The number of nitrogens with one attached hydrogen (secondary N) is 1. The van der Waals surface area contributed by atoms with Crippen molar-refractivity contribution in [2.24, 2.45) is 0 Å². The SMILES string of the molecule is Cc1ccc(S(=O)(=O)N[C@H](C)[C@@H](OS(=O)C2CCCCC2)c2ccccc2)cc1. The first-order chi connectivity index (χ1) is 13.9. The van der Waals surface area contributed by atoms with E-state index < -0.39 is 33.2 Å². The van der Waals surface area contributed by atoms with E-state index in [0.717, 1.165) is 36.8 Å². The maximum absolute atomic E-state index is 12.9. The fourth-order valence-corrected chi connectivity index (χ4v) is 6.20. The molecular weight excluding hydrogens is 406 g/mol. The van der Waals surface area contributed by atoms with E-state index in [4.69, 9.17) is 4.18 Å². The van der Waals surface area contributed by atoms with Crippen molar-refractivity contribution in [1.29, 1.82) is 0 Å². The zero-order chi connectivity index (χ0) is 20.9. The van der Waals surface area contributed by atoms with E-state index in [2.05, 4.69) is 4.72 Å². The van der Waals surface area contributed by atoms with Gasteiger partial charge in [0.2, 0.25) is 10.0 Å². The van der Waals surface area contributed by atoms with Crippen LogP contribution in [0.3, 0.4) is 0 Å². The second kappa shape index (κ2) is 9.98. The summed E-state index contributed by atoms with van der Waals surface area (Å²) >= 11 is -1.47. The Morgan fingerprint density at radius 2 is 1.62 bits per heavy atom. The van der Waals surface area contributed by atoms with Crippen LogP contribution in [-0.4, -0.2) is 23.9 Å². The van der Waals surface area contributed by atoms with Crippen LogP contribution in [0.4, 0.5) is 0 Å². The second-order valence-corrected chi connectivity index (χ2v) is 10.8. The maximum atomic E-state index is 12.9. The van der Waals surface area contributed by atoms with Crippen LogP contribution >= 0.6 is 0 Å². The van der Waals surface area contributed by atoms with Gasteiger partial charge >= 0.3 is 0 Å². The third-order valence-electron chi connectivity index (χ3n) is 5.28. The minimum atomic E-state index is -3.72. The Morgan fingerprint density at radius 3 is 2.24 bits per heavy atom. The Hall–Kier alpha value is -1.54. The monoisotopic (exact) mass is 435 g/mol. The van der Waals surface area contributed by atoms with Gasteiger partial charge in [0.1, 0.15) is 6.10 Å². The summed E-state index contributed by atoms with van der Waals surface area (Å²) in [7, 11) is -3.72. The molecule has 1 unspecified atom stereocenters. The van der Waals surface area contributed by atoms with E-state index in [1.54, 1.807) is 31.2 Å². The number of benzene rings is 2. The Labute approximate surface area is 176 Å². The lowest BCUT2D eigenvalue weighted by atomic mass is 10.0. The van der Waals surface area contributed by atoms with Crippen LogP contribution in [0.2, 0.25) is 0 Å².